The standard InChI is InChI=1S/C15H25N3O2/c1-10(2)8-15(4,9-16)18-13-7-6-12(11(3)17-13)14(19)20-5/h6-7,10H,8-9,16H2,1-5H3,(H,17,18). The van der Waals surface area contributed by atoms with Crippen molar-refractivity contribution in [3.8, 4) is 0 Å². The molecule has 0 saturated heterocycles. The molecule has 0 saturated carbocycles. The number of hydrogen-bond donors (Lipinski definition) is 2. The molecule has 0 aliphatic heterocycles. The first kappa shape index (κ1) is 16.4. The summed E-state index contributed by atoms with van der Waals surface area (Å²) in [6.45, 7) is 8.71. The minimum atomic E-state index is -0.370. The van der Waals surface area contributed by atoms with E-state index in [2.05, 4.69) is 31.1 Å². The van der Waals surface area contributed by atoms with Crippen LogP contribution >= 0.6 is 0 Å². The quantitative estimate of drug-likeness (QED) is 0.782. The van der Waals surface area contributed by atoms with Gasteiger partial charge in [0.1, 0.15) is 5.82 Å². The first-order chi connectivity index (χ1) is 9.31. The molecule has 112 valence electrons. The number of carbonyl (C=O) groups is 1. The van der Waals surface area contributed by atoms with Gasteiger partial charge < -0.3 is 15.8 Å². The molecule has 1 atom stereocenters. The molecule has 0 amide bonds. The van der Waals surface area contributed by atoms with E-state index in [1.165, 1.54) is 7.11 Å². The Morgan fingerprint density at radius 2 is 2.15 bits per heavy atom. The molecule has 0 spiro atoms. The van der Waals surface area contributed by atoms with Crippen molar-refractivity contribution in [1.82, 2.24) is 4.98 Å². The number of aryl methyl sites for hydroxylation is 1. The van der Waals surface area contributed by atoms with Gasteiger partial charge in [-0.3, -0.25) is 0 Å². The van der Waals surface area contributed by atoms with Crippen LogP contribution in [0.5, 0.6) is 0 Å². The van der Waals surface area contributed by atoms with Crippen LogP contribution in [0.1, 0.15) is 43.2 Å². The van der Waals surface area contributed by atoms with E-state index in [9.17, 15) is 4.79 Å². The maximum Gasteiger partial charge on any atom is 0.339 e. The van der Waals surface area contributed by atoms with Crippen LogP contribution in [-0.2, 0) is 4.74 Å². The largest absolute Gasteiger partial charge is 0.465 e. The fourth-order valence-corrected chi connectivity index (χ4v) is 2.35. The van der Waals surface area contributed by atoms with Crippen LogP contribution in [0.2, 0.25) is 0 Å². The molecule has 5 heteroatoms. The lowest BCUT2D eigenvalue weighted by atomic mass is 9.91. The Hall–Kier alpha value is -1.62. The van der Waals surface area contributed by atoms with Gasteiger partial charge in [0.25, 0.3) is 0 Å². The van der Waals surface area contributed by atoms with E-state index in [0.717, 1.165) is 12.2 Å². The Morgan fingerprint density at radius 1 is 1.50 bits per heavy atom. The van der Waals surface area contributed by atoms with Crippen LogP contribution in [0.15, 0.2) is 12.1 Å². The number of hydrogen-bond acceptors (Lipinski definition) is 5. The van der Waals surface area contributed by atoms with E-state index in [0.29, 0.717) is 23.7 Å². The molecule has 0 aliphatic rings. The zero-order valence-electron chi connectivity index (χ0n) is 13.0. The Morgan fingerprint density at radius 3 is 2.60 bits per heavy atom. The SMILES string of the molecule is COC(=O)c1ccc(NC(C)(CN)CC(C)C)nc1C. The van der Waals surface area contributed by atoms with E-state index < -0.39 is 0 Å². The van der Waals surface area contributed by atoms with Gasteiger partial charge in [0.15, 0.2) is 0 Å². The number of esters is 1. The highest BCUT2D eigenvalue weighted by Gasteiger charge is 2.24. The van der Waals surface area contributed by atoms with E-state index in [1.807, 2.05) is 0 Å². The minimum Gasteiger partial charge on any atom is -0.465 e. The van der Waals surface area contributed by atoms with Gasteiger partial charge in [-0.15, -0.1) is 0 Å². The van der Waals surface area contributed by atoms with Gasteiger partial charge in [-0.25, -0.2) is 9.78 Å². The highest BCUT2D eigenvalue weighted by atomic mass is 16.5. The molecule has 1 heterocycles. The fraction of sp³-hybridized carbons (Fsp3) is 0.600. The first-order valence-corrected chi connectivity index (χ1v) is 6.85. The molecular weight excluding hydrogens is 254 g/mol. The third-order valence-corrected chi connectivity index (χ3v) is 3.23. The molecule has 1 rings (SSSR count). The highest BCUT2D eigenvalue weighted by Crippen LogP contribution is 2.21. The topological polar surface area (TPSA) is 77.2 Å². The molecule has 5 nitrogen and oxygen atoms in total. The summed E-state index contributed by atoms with van der Waals surface area (Å²) in [4.78, 5) is 15.9. The van der Waals surface area contributed by atoms with Gasteiger partial charge in [-0.1, -0.05) is 13.8 Å². The lowest BCUT2D eigenvalue weighted by molar-refractivity contribution is 0.0599. The van der Waals surface area contributed by atoms with E-state index in [1.54, 1.807) is 19.1 Å². The second-order valence-corrected chi connectivity index (χ2v) is 5.81. The van der Waals surface area contributed by atoms with Crippen molar-refractivity contribution in [2.45, 2.75) is 39.7 Å². The number of methoxy groups -OCH3 is 1. The van der Waals surface area contributed by atoms with E-state index in [-0.39, 0.29) is 11.5 Å². The van der Waals surface area contributed by atoms with Gasteiger partial charge >= 0.3 is 5.97 Å². The number of anilines is 1. The monoisotopic (exact) mass is 279 g/mol. The Balaban J connectivity index is 2.93. The summed E-state index contributed by atoms with van der Waals surface area (Å²) in [5.41, 5.74) is 6.80. The maximum atomic E-state index is 11.5. The number of nitrogens with one attached hydrogen (secondary N) is 1. The molecule has 20 heavy (non-hydrogen) atoms. The molecule has 0 bridgehead atoms. The predicted molar refractivity (Wildman–Crippen MR) is 80.9 cm³/mol. The highest BCUT2D eigenvalue weighted by molar-refractivity contribution is 5.90. The van der Waals surface area contributed by atoms with Crippen LogP contribution in [0.25, 0.3) is 0 Å². The minimum absolute atomic E-state index is 0.208. The lowest BCUT2D eigenvalue weighted by Crippen LogP contribution is -2.43. The first-order valence-electron chi connectivity index (χ1n) is 6.85. The fourth-order valence-electron chi connectivity index (χ4n) is 2.35. The van der Waals surface area contributed by atoms with Crippen LogP contribution in [0, 0.1) is 12.8 Å². The molecule has 1 unspecified atom stereocenters. The average Bonchev–Trinajstić information content (AvgIpc) is 2.37. The number of pyridine rings is 1. The molecule has 0 fully saturated rings. The summed E-state index contributed by atoms with van der Waals surface area (Å²) in [7, 11) is 1.36. The van der Waals surface area contributed by atoms with E-state index >= 15 is 0 Å². The van der Waals surface area contributed by atoms with Crippen molar-refractivity contribution < 1.29 is 9.53 Å². The molecule has 3 N–H and O–H groups in total. The summed E-state index contributed by atoms with van der Waals surface area (Å²) in [6.07, 6.45) is 0.947. The summed E-state index contributed by atoms with van der Waals surface area (Å²) in [6, 6.07) is 3.51. The van der Waals surface area contributed by atoms with E-state index in [4.69, 9.17) is 10.5 Å². The Labute approximate surface area is 120 Å². The van der Waals surface area contributed by atoms with Gasteiger partial charge in [0, 0.05) is 12.1 Å². The predicted octanol–water partition coefficient (Wildman–Crippen LogP) is 2.35. The number of nitrogens with zero attached hydrogens (tertiary/aromatic N) is 1. The lowest BCUT2D eigenvalue weighted by Gasteiger charge is -2.32. The second-order valence-electron chi connectivity index (χ2n) is 5.81. The van der Waals surface area contributed by atoms with Gasteiger partial charge in [0.05, 0.1) is 18.4 Å². The zero-order valence-corrected chi connectivity index (χ0v) is 13.0. The van der Waals surface area contributed by atoms with Crippen molar-refractivity contribution in [3.63, 3.8) is 0 Å². The van der Waals surface area contributed by atoms with Gasteiger partial charge in [-0.05, 0) is 38.3 Å². The molecule has 0 aliphatic carbocycles. The number of carbonyl (C=O) groups excluding carboxylic acids is 1. The summed E-state index contributed by atoms with van der Waals surface area (Å²) in [5, 5.41) is 3.37. The van der Waals surface area contributed by atoms with Crippen molar-refractivity contribution in [1.29, 1.82) is 0 Å². The van der Waals surface area contributed by atoms with Crippen LogP contribution in [0.3, 0.4) is 0 Å². The third-order valence-electron chi connectivity index (χ3n) is 3.23. The number of ether oxygens (including phenoxy) is 1. The summed E-state index contributed by atoms with van der Waals surface area (Å²) < 4.78 is 4.71. The number of aromatic nitrogens is 1. The van der Waals surface area contributed by atoms with Crippen molar-refractivity contribution in [3.05, 3.63) is 23.4 Å². The molecule has 0 aromatic carbocycles. The Bertz CT molecular complexity index is 474. The van der Waals surface area contributed by atoms with Crippen LogP contribution in [-0.4, -0.2) is 30.1 Å². The zero-order chi connectivity index (χ0) is 15.3. The number of nitrogens with two attached hydrogens (primary N) is 1. The molecule has 0 radical (unpaired) electrons. The maximum absolute atomic E-state index is 11.5. The number of rotatable bonds is 6. The summed E-state index contributed by atoms with van der Waals surface area (Å²) in [5.74, 6) is 0.889. The summed E-state index contributed by atoms with van der Waals surface area (Å²) >= 11 is 0. The molecular formula is C15H25N3O2. The van der Waals surface area contributed by atoms with Crippen LogP contribution in [0.4, 0.5) is 5.82 Å². The van der Waals surface area contributed by atoms with Crippen molar-refractivity contribution in [2.24, 2.45) is 11.7 Å². The van der Waals surface area contributed by atoms with Crippen molar-refractivity contribution in [2.75, 3.05) is 19.0 Å². The van der Waals surface area contributed by atoms with Crippen molar-refractivity contribution >= 4 is 11.8 Å². The Kier molecular flexibility index (Phi) is 5.51. The smallest absolute Gasteiger partial charge is 0.339 e. The third kappa shape index (κ3) is 4.20. The van der Waals surface area contributed by atoms with Gasteiger partial charge in [0.2, 0.25) is 0 Å². The normalized spacial score (nSPS) is 13.9. The second kappa shape index (κ2) is 6.70. The van der Waals surface area contributed by atoms with Crippen LogP contribution < -0.4 is 11.1 Å². The van der Waals surface area contributed by atoms with Gasteiger partial charge in [-0.2, -0.15) is 0 Å². The molecule has 1 aromatic rings. The molecule has 1 aromatic heterocycles. The average molecular weight is 279 g/mol.